The van der Waals surface area contributed by atoms with Gasteiger partial charge < -0.3 is 39.6 Å². The predicted molar refractivity (Wildman–Crippen MR) is 231 cm³/mol. The van der Waals surface area contributed by atoms with Crippen LogP contribution >= 0.6 is 0 Å². The minimum absolute atomic E-state index is 0.0184. The molecule has 2 aromatic carbocycles. The zero-order chi connectivity index (χ0) is 44.1. The molecule has 330 valence electrons. The number of methoxy groups -OCH3 is 2. The molecule has 2 heterocycles. The number of carbonyl (C=O) groups excluding carboxylic acids is 4. The molecule has 0 aliphatic carbocycles. The number of benzene rings is 2. The SMILES string of the molecule is CC[C@H](C)[C@@H]([C@@H](CC(=O)N1CCC[C@H]1[C@H](OC)[C@@H](C)C(=O)N[C@H](Cc1ccccc1)c1nnc(-c2ccccc2)o1)OC)N(C)C(=O)[C@@H](NC(=O)[C@@H](NC)C(C)C)C(C)C. The quantitative estimate of drug-likeness (QED) is 0.119. The van der Waals surface area contributed by atoms with Gasteiger partial charge in [0, 0.05) is 39.8 Å². The summed E-state index contributed by atoms with van der Waals surface area (Å²) in [6.45, 7) is 14.1. The summed E-state index contributed by atoms with van der Waals surface area (Å²) in [5.41, 5.74) is 1.76. The minimum atomic E-state index is -0.770. The average molecular weight is 832 g/mol. The Bertz CT molecular complexity index is 1810. The minimum Gasteiger partial charge on any atom is -0.418 e. The van der Waals surface area contributed by atoms with Crippen LogP contribution in [0, 0.1) is 23.7 Å². The highest BCUT2D eigenvalue weighted by Crippen LogP contribution is 2.31. The molecule has 0 saturated carbocycles. The lowest BCUT2D eigenvalue weighted by atomic mass is 9.89. The summed E-state index contributed by atoms with van der Waals surface area (Å²) in [7, 11) is 6.61. The Labute approximate surface area is 356 Å². The topological polar surface area (TPSA) is 168 Å². The molecule has 14 nitrogen and oxygen atoms in total. The summed E-state index contributed by atoms with van der Waals surface area (Å²) in [6, 6.07) is 16.6. The number of hydrogen-bond acceptors (Lipinski definition) is 10. The normalized spacial score (nSPS) is 18.3. The molecule has 3 N–H and O–H groups in total. The maximum Gasteiger partial charge on any atom is 0.247 e. The smallest absolute Gasteiger partial charge is 0.247 e. The molecule has 0 radical (unpaired) electrons. The van der Waals surface area contributed by atoms with Gasteiger partial charge in [0.2, 0.25) is 35.4 Å². The fourth-order valence-electron chi connectivity index (χ4n) is 8.48. The van der Waals surface area contributed by atoms with E-state index in [1.165, 1.54) is 0 Å². The van der Waals surface area contributed by atoms with E-state index in [-0.39, 0.29) is 59.7 Å². The number of likely N-dealkylation sites (tertiary alicyclic amines) is 1. The summed E-state index contributed by atoms with van der Waals surface area (Å²) < 4.78 is 18.3. The number of hydrogen-bond donors (Lipinski definition) is 3. The number of carbonyl (C=O) groups is 4. The van der Waals surface area contributed by atoms with E-state index in [4.69, 9.17) is 13.9 Å². The van der Waals surface area contributed by atoms with Crippen molar-refractivity contribution < 1.29 is 33.1 Å². The average Bonchev–Trinajstić information content (AvgIpc) is 3.94. The summed E-state index contributed by atoms with van der Waals surface area (Å²) >= 11 is 0. The van der Waals surface area contributed by atoms with Crippen LogP contribution in [0.5, 0.6) is 0 Å². The van der Waals surface area contributed by atoms with Gasteiger partial charge in [-0.3, -0.25) is 19.2 Å². The zero-order valence-corrected chi connectivity index (χ0v) is 37.5. The molecule has 3 aromatic rings. The fourth-order valence-corrected chi connectivity index (χ4v) is 8.48. The molecule has 9 atom stereocenters. The summed E-state index contributed by atoms with van der Waals surface area (Å²) in [6.07, 6.45) is 1.33. The zero-order valence-electron chi connectivity index (χ0n) is 37.5. The van der Waals surface area contributed by atoms with E-state index in [0.29, 0.717) is 25.3 Å². The Morgan fingerprint density at radius 2 is 1.50 bits per heavy atom. The molecular weight excluding hydrogens is 763 g/mol. The lowest BCUT2D eigenvalue weighted by Crippen LogP contribution is -2.59. The lowest BCUT2D eigenvalue weighted by molar-refractivity contribution is -0.147. The Hall–Kier alpha value is -4.66. The largest absolute Gasteiger partial charge is 0.418 e. The van der Waals surface area contributed by atoms with Crippen LogP contribution in [-0.4, -0.2) is 115 Å². The third-order valence-electron chi connectivity index (χ3n) is 12.1. The number of amides is 4. The number of likely N-dealkylation sites (N-methyl/N-ethyl adjacent to an activating group) is 2. The second-order valence-corrected chi connectivity index (χ2v) is 16.9. The lowest BCUT2D eigenvalue weighted by Gasteiger charge is -2.41. The Kier molecular flexibility index (Phi) is 18.2. The third kappa shape index (κ3) is 12.0. The molecule has 0 bridgehead atoms. The molecular formula is C46H69N7O7. The van der Waals surface area contributed by atoms with Crippen molar-refractivity contribution in [1.29, 1.82) is 0 Å². The van der Waals surface area contributed by atoms with Gasteiger partial charge in [-0.05, 0) is 55.3 Å². The van der Waals surface area contributed by atoms with Crippen LogP contribution in [0.1, 0.15) is 91.6 Å². The molecule has 60 heavy (non-hydrogen) atoms. The van der Waals surface area contributed by atoms with Gasteiger partial charge >= 0.3 is 0 Å². The highest BCUT2D eigenvalue weighted by Gasteiger charge is 2.43. The molecule has 14 heteroatoms. The van der Waals surface area contributed by atoms with Crippen molar-refractivity contribution in [2.75, 3.05) is 34.9 Å². The number of ether oxygens (including phenoxy) is 2. The monoisotopic (exact) mass is 832 g/mol. The number of nitrogens with zero attached hydrogens (tertiary/aromatic N) is 4. The molecule has 1 aromatic heterocycles. The van der Waals surface area contributed by atoms with Crippen molar-refractivity contribution in [3.8, 4) is 11.5 Å². The first-order valence-electron chi connectivity index (χ1n) is 21.5. The predicted octanol–water partition coefficient (Wildman–Crippen LogP) is 5.44. The number of rotatable bonds is 22. The first-order valence-corrected chi connectivity index (χ1v) is 21.5. The standard InChI is InChI=1S/C46H69N7O7/c1-12-30(6)40(52(9)46(57)39(29(4)5)49-43(56)38(47-8)28(2)3)36(58-10)27-37(54)53-25-19-24-35(53)41(59-11)31(7)42(55)48-34(26-32-20-15-13-16-21-32)45-51-50-44(60-45)33-22-17-14-18-23-33/h13-18,20-23,28-31,34-36,38-41,47H,12,19,24-27H2,1-11H3,(H,48,55)(H,49,56)/t30-,31+,34+,35-,36+,38-,39-,40-,41+/m0/s1. The van der Waals surface area contributed by atoms with Crippen LogP contribution < -0.4 is 16.0 Å². The van der Waals surface area contributed by atoms with Crippen LogP contribution in [-0.2, 0) is 35.1 Å². The Morgan fingerprint density at radius 1 is 0.867 bits per heavy atom. The van der Waals surface area contributed by atoms with E-state index in [0.717, 1.165) is 24.0 Å². The van der Waals surface area contributed by atoms with Crippen LogP contribution in [0.3, 0.4) is 0 Å². The van der Waals surface area contributed by atoms with Crippen molar-refractivity contribution in [1.82, 2.24) is 35.9 Å². The molecule has 1 aliphatic heterocycles. The molecule has 1 fully saturated rings. The van der Waals surface area contributed by atoms with Gasteiger partial charge in [-0.1, -0.05) is 103 Å². The van der Waals surface area contributed by atoms with Gasteiger partial charge in [-0.15, -0.1) is 10.2 Å². The van der Waals surface area contributed by atoms with Gasteiger partial charge in [0.15, 0.2) is 0 Å². The molecule has 0 spiro atoms. The molecule has 4 amide bonds. The van der Waals surface area contributed by atoms with E-state index in [2.05, 4.69) is 26.1 Å². The van der Waals surface area contributed by atoms with Gasteiger partial charge in [0.1, 0.15) is 12.1 Å². The molecule has 1 aliphatic rings. The Balaban J connectivity index is 1.52. The fraction of sp³-hybridized carbons (Fsp3) is 0.609. The maximum atomic E-state index is 14.4. The van der Waals surface area contributed by atoms with Crippen molar-refractivity contribution >= 4 is 23.6 Å². The maximum absolute atomic E-state index is 14.4. The third-order valence-corrected chi connectivity index (χ3v) is 12.1. The van der Waals surface area contributed by atoms with Crippen LogP contribution in [0.15, 0.2) is 65.1 Å². The molecule has 0 unspecified atom stereocenters. The second-order valence-electron chi connectivity index (χ2n) is 16.9. The highest BCUT2D eigenvalue weighted by atomic mass is 16.5. The molecule has 1 saturated heterocycles. The summed E-state index contributed by atoms with van der Waals surface area (Å²) in [5.74, 6) is -1.08. The second kappa shape index (κ2) is 22.8. The van der Waals surface area contributed by atoms with Crippen LogP contribution in [0.2, 0.25) is 0 Å². The van der Waals surface area contributed by atoms with E-state index < -0.39 is 42.3 Å². The van der Waals surface area contributed by atoms with Gasteiger partial charge in [-0.2, -0.15) is 0 Å². The van der Waals surface area contributed by atoms with Crippen molar-refractivity contribution in [3.63, 3.8) is 0 Å². The summed E-state index contributed by atoms with van der Waals surface area (Å²) in [5, 5.41) is 17.8. The van der Waals surface area contributed by atoms with Crippen LogP contribution in [0.4, 0.5) is 0 Å². The van der Waals surface area contributed by atoms with Gasteiger partial charge in [-0.25, -0.2) is 0 Å². The van der Waals surface area contributed by atoms with Gasteiger partial charge in [0.05, 0.1) is 42.7 Å². The van der Waals surface area contributed by atoms with E-state index in [9.17, 15) is 19.2 Å². The highest BCUT2D eigenvalue weighted by molar-refractivity contribution is 5.90. The van der Waals surface area contributed by atoms with Crippen molar-refractivity contribution in [2.45, 2.75) is 123 Å². The first-order chi connectivity index (χ1) is 28.7. The Morgan fingerprint density at radius 3 is 2.07 bits per heavy atom. The van der Waals surface area contributed by atoms with E-state index in [1.807, 2.05) is 114 Å². The van der Waals surface area contributed by atoms with Crippen molar-refractivity contribution in [2.24, 2.45) is 23.7 Å². The first kappa shape index (κ1) is 48.0. The van der Waals surface area contributed by atoms with E-state index in [1.54, 1.807) is 33.2 Å². The number of nitrogens with one attached hydrogen (secondary N) is 3. The van der Waals surface area contributed by atoms with Crippen molar-refractivity contribution in [3.05, 3.63) is 72.1 Å². The molecule has 4 rings (SSSR count). The van der Waals surface area contributed by atoms with Crippen LogP contribution in [0.25, 0.3) is 11.5 Å². The summed E-state index contributed by atoms with van der Waals surface area (Å²) in [4.78, 5) is 59.6. The van der Waals surface area contributed by atoms with E-state index >= 15 is 0 Å². The van der Waals surface area contributed by atoms with Gasteiger partial charge in [0.25, 0.3) is 0 Å². The number of aromatic nitrogens is 2.